The fraction of sp³-hybridized carbons (Fsp3) is 1.00. The Hall–Kier alpha value is -0.0317. The summed E-state index contributed by atoms with van der Waals surface area (Å²) in [5, 5.41) is 37.2. The SMILES string of the molecule is CC(O)CC(O)N1CCOCC1.CC(O)CC(O)N1CCOCC1.[O]=[Mo]=[O]. The second kappa shape index (κ2) is 16.9. The second-order valence-electron chi connectivity index (χ2n) is 6.50. The van der Waals surface area contributed by atoms with Crippen LogP contribution in [0.2, 0.25) is 0 Å². The number of aliphatic hydroxyl groups excluding tert-OH is 4. The van der Waals surface area contributed by atoms with E-state index in [1.807, 2.05) is 9.80 Å². The molecule has 2 aliphatic rings. The van der Waals surface area contributed by atoms with Crippen molar-refractivity contribution in [1.82, 2.24) is 9.80 Å². The standard InChI is InChI=1S/2C8H17NO3.Mo.2O/c2*1-7(10)6-8(11)9-2-4-12-5-3-9;;;/h2*7-8,10-11H,2-6H2,1H3;;;. The zero-order valence-electron chi connectivity index (χ0n) is 16.1. The number of hydrogen-bond acceptors (Lipinski definition) is 10. The van der Waals surface area contributed by atoms with Gasteiger partial charge in [0.05, 0.1) is 38.6 Å². The van der Waals surface area contributed by atoms with E-state index in [0.29, 0.717) is 39.3 Å². The Kier molecular flexibility index (Phi) is 16.9. The molecule has 2 aliphatic heterocycles. The van der Waals surface area contributed by atoms with Crippen molar-refractivity contribution in [3.8, 4) is 0 Å². The molecule has 4 atom stereocenters. The Morgan fingerprint density at radius 3 is 1.22 bits per heavy atom. The van der Waals surface area contributed by atoms with Crippen molar-refractivity contribution in [2.45, 2.75) is 51.4 Å². The molecule has 4 N–H and O–H groups in total. The van der Waals surface area contributed by atoms with E-state index >= 15 is 0 Å². The van der Waals surface area contributed by atoms with Gasteiger partial charge in [-0.3, -0.25) is 9.80 Å². The van der Waals surface area contributed by atoms with Crippen LogP contribution in [-0.4, -0.2) is 107 Å². The molecule has 4 unspecified atom stereocenters. The van der Waals surface area contributed by atoms with Gasteiger partial charge in [-0.2, -0.15) is 0 Å². The van der Waals surface area contributed by atoms with Crippen molar-refractivity contribution in [2.75, 3.05) is 52.6 Å². The molecule has 0 bridgehead atoms. The van der Waals surface area contributed by atoms with Crippen LogP contribution in [0, 0.1) is 0 Å². The van der Waals surface area contributed by atoms with Gasteiger partial charge in [0.1, 0.15) is 12.5 Å². The number of nitrogens with zero attached hydrogens (tertiary/aromatic N) is 2. The van der Waals surface area contributed by atoms with E-state index in [1.54, 1.807) is 13.8 Å². The number of ether oxygens (including phenoxy) is 2. The van der Waals surface area contributed by atoms with Gasteiger partial charge >= 0.3 is 25.3 Å². The van der Waals surface area contributed by atoms with Crippen molar-refractivity contribution in [3.05, 3.63) is 0 Å². The average molecular weight is 478 g/mol. The molecule has 0 spiro atoms. The third kappa shape index (κ3) is 14.6. The fourth-order valence-electron chi connectivity index (χ4n) is 2.66. The van der Waals surface area contributed by atoms with Crippen LogP contribution >= 0.6 is 0 Å². The predicted octanol–water partition coefficient (Wildman–Crippen LogP) is -1.42. The first-order valence-electron chi connectivity index (χ1n) is 9.09. The molecule has 0 radical (unpaired) electrons. The van der Waals surface area contributed by atoms with E-state index < -0.39 is 43.2 Å². The molecule has 2 fully saturated rings. The number of morpholine rings is 2. The first kappa shape index (κ1) is 27.0. The van der Waals surface area contributed by atoms with E-state index in [2.05, 4.69) is 0 Å². The van der Waals surface area contributed by atoms with Crippen LogP contribution in [0.1, 0.15) is 26.7 Å². The zero-order valence-corrected chi connectivity index (χ0v) is 18.1. The Morgan fingerprint density at radius 2 is 1.00 bits per heavy atom. The average Bonchev–Trinajstić information content (AvgIpc) is 2.63. The zero-order chi connectivity index (χ0) is 20.7. The number of rotatable bonds is 6. The van der Waals surface area contributed by atoms with Crippen LogP contribution in [0.3, 0.4) is 0 Å². The Labute approximate surface area is 169 Å². The molecule has 11 heteroatoms. The minimum absolute atomic E-state index is 0.417. The topological polar surface area (TPSA) is 140 Å². The molecule has 162 valence electrons. The van der Waals surface area contributed by atoms with Crippen LogP contribution in [0.5, 0.6) is 0 Å². The molecule has 0 aliphatic carbocycles. The fourth-order valence-corrected chi connectivity index (χ4v) is 2.66. The van der Waals surface area contributed by atoms with Gasteiger partial charge in [0, 0.05) is 39.0 Å². The van der Waals surface area contributed by atoms with Crippen LogP contribution in [-0.2, 0) is 34.8 Å². The van der Waals surface area contributed by atoms with Gasteiger partial charge in [0.15, 0.2) is 0 Å². The van der Waals surface area contributed by atoms with Crippen molar-refractivity contribution >= 4 is 0 Å². The van der Waals surface area contributed by atoms with Crippen LogP contribution in [0.15, 0.2) is 0 Å². The minimum atomic E-state index is -2.03. The molecular formula is C16H34MoN2O8. The van der Waals surface area contributed by atoms with Crippen LogP contribution < -0.4 is 0 Å². The molecule has 0 amide bonds. The van der Waals surface area contributed by atoms with E-state index in [-0.39, 0.29) is 0 Å². The van der Waals surface area contributed by atoms with Crippen LogP contribution in [0.25, 0.3) is 0 Å². The van der Waals surface area contributed by atoms with Gasteiger partial charge in [0.2, 0.25) is 0 Å². The summed E-state index contributed by atoms with van der Waals surface area (Å²) in [6.07, 6.45) is -1.09. The van der Waals surface area contributed by atoms with Crippen molar-refractivity contribution in [3.63, 3.8) is 0 Å². The maximum atomic E-state index is 9.55. The summed E-state index contributed by atoms with van der Waals surface area (Å²) in [7, 11) is 0. The predicted molar refractivity (Wildman–Crippen MR) is 90.8 cm³/mol. The Bertz CT molecular complexity index is 355. The molecule has 2 rings (SSSR count). The molecule has 0 aromatic rings. The molecule has 2 heterocycles. The molecule has 27 heavy (non-hydrogen) atoms. The van der Waals surface area contributed by atoms with E-state index in [9.17, 15) is 10.2 Å². The summed E-state index contributed by atoms with van der Waals surface area (Å²) in [5.41, 5.74) is 0. The van der Waals surface area contributed by atoms with E-state index in [0.717, 1.165) is 26.2 Å². The third-order valence-electron chi connectivity index (χ3n) is 4.04. The first-order valence-corrected chi connectivity index (χ1v) is 10.7. The summed E-state index contributed by atoms with van der Waals surface area (Å²) >= 11 is -2.03. The van der Waals surface area contributed by atoms with E-state index in [1.165, 1.54) is 0 Å². The van der Waals surface area contributed by atoms with Gasteiger partial charge < -0.3 is 29.9 Å². The van der Waals surface area contributed by atoms with Gasteiger partial charge in [-0.15, -0.1) is 0 Å². The molecule has 0 saturated carbocycles. The first-order chi connectivity index (χ1) is 12.8. The van der Waals surface area contributed by atoms with Crippen molar-refractivity contribution < 1.29 is 55.2 Å². The maximum absolute atomic E-state index is 9.55. The molecule has 0 aromatic heterocycles. The van der Waals surface area contributed by atoms with Crippen LogP contribution in [0.4, 0.5) is 0 Å². The summed E-state index contributed by atoms with van der Waals surface area (Å²) in [6.45, 7) is 9.11. The molecular weight excluding hydrogens is 444 g/mol. The van der Waals surface area contributed by atoms with Gasteiger partial charge in [0.25, 0.3) is 0 Å². The second-order valence-corrected chi connectivity index (χ2v) is 6.83. The van der Waals surface area contributed by atoms with Crippen molar-refractivity contribution in [1.29, 1.82) is 0 Å². The van der Waals surface area contributed by atoms with Gasteiger partial charge in [-0.25, -0.2) is 0 Å². The summed E-state index contributed by atoms with van der Waals surface area (Å²) in [6, 6.07) is 0. The van der Waals surface area contributed by atoms with Crippen molar-refractivity contribution in [2.24, 2.45) is 0 Å². The molecule has 0 aromatic carbocycles. The number of hydrogen-bond donors (Lipinski definition) is 4. The summed E-state index contributed by atoms with van der Waals surface area (Å²) in [5.74, 6) is 0. The van der Waals surface area contributed by atoms with E-state index in [4.69, 9.17) is 26.5 Å². The Morgan fingerprint density at radius 1 is 0.741 bits per heavy atom. The quantitative estimate of drug-likeness (QED) is 0.336. The van der Waals surface area contributed by atoms with Gasteiger partial charge in [-0.1, -0.05) is 0 Å². The molecule has 2 saturated heterocycles. The normalized spacial score (nSPS) is 22.9. The number of aliphatic hydroxyl groups is 4. The van der Waals surface area contributed by atoms with Gasteiger partial charge in [-0.05, 0) is 13.8 Å². The summed E-state index contributed by atoms with van der Waals surface area (Å²) < 4.78 is 27.3. The Balaban J connectivity index is 0.000000438. The summed E-state index contributed by atoms with van der Waals surface area (Å²) in [4.78, 5) is 3.85. The third-order valence-corrected chi connectivity index (χ3v) is 4.04. The molecule has 10 nitrogen and oxygen atoms in total. The monoisotopic (exact) mass is 480 g/mol.